The topological polar surface area (TPSA) is 64.1 Å². The Morgan fingerprint density at radius 2 is 2.00 bits per heavy atom. The lowest BCUT2D eigenvalue weighted by molar-refractivity contribution is 0.598. The van der Waals surface area contributed by atoms with E-state index in [9.17, 15) is 4.39 Å². The number of hydrogen-bond donors (Lipinski definition) is 2. The zero-order valence-corrected chi connectivity index (χ0v) is 11.6. The first-order chi connectivity index (χ1) is 10.1. The maximum absolute atomic E-state index is 12.9. The fourth-order valence-electron chi connectivity index (χ4n) is 2.24. The lowest BCUT2D eigenvalue weighted by Crippen LogP contribution is -2.18. The van der Waals surface area contributed by atoms with Crippen molar-refractivity contribution in [3.05, 3.63) is 53.8 Å². The molecule has 0 aliphatic heterocycles. The molecule has 0 aliphatic carbocycles. The van der Waals surface area contributed by atoms with E-state index in [2.05, 4.69) is 10.3 Å². The number of halogens is 1. The van der Waals surface area contributed by atoms with Crippen molar-refractivity contribution in [1.82, 2.24) is 4.98 Å². The number of aromatic nitrogens is 1. The molecule has 0 aliphatic rings. The van der Waals surface area contributed by atoms with Gasteiger partial charge in [-0.3, -0.25) is 0 Å². The van der Waals surface area contributed by atoms with Gasteiger partial charge in [-0.2, -0.15) is 4.98 Å². The van der Waals surface area contributed by atoms with E-state index in [0.717, 1.165) is 17.5 Å². The van der Waals surface area contributed by atoms with Crippen LogP contribution in [0.4, 0.5) is 16.1 Å². The van der Waals surface area contributed by atoms with Gasteiger partial charge in [-0.05, 0) is 49.2 Å². The Hall–Kier alpha value is -2.56. The minimum Gasteiger partial charge on any atom is -0.424 e. The highest BCUT2D eigenvalue weighted by molar-refractivity contribution is 5.78. The quantitative estimate of drug-likeness (QED) is 0.719. The molecular formula is C16H16FN3O. The highest BCUT2D eigenvalue weighted by atomic mass is 19.1. The second kappa shape index (κ2) is 5.44. The van der Waals surface area contributed by atoms with Gasteiger partial charge in [-0.15, -0.1) is 0 Å². The minimum absolute atomic E-state index is 0.112. The van der Waals surface area contributed by atoms with Crippen LogP contribution in [0, 0.1) is 5.82 Å². The molecule has 1 heterocycles. The van der Waals surface area contributed by atoms with Gasteiger partial charge in [0, 0.05) is 11.7 Å². The monoisotopic (exact) mass is 285 g/mol. The molecule has 0 fully saturated rings. The molecule has 21 heavy (non-hydrogen) atoms. The van der Waals surface area contributed by atoms with Gasteiger partial charge >= 0.3 is 0 Å². The summed E-state index contributed by atoms with van der Waals surface area (Å²) in [5, 5.41) is 3.20. The minimum atomic E-state index is -0.226. The molecule has 2 aromatic carbocycles. The molecule has 4 nitrogen and oxygen atoms in total. The summed E-state index contributed by atoms with van der Waals surface area (Å²) in [7, 11) is 0. The van der Waals surface area contributed by atoms with Crippen molar-refractivity contribution in [1.29, 1.82) is 0 Å². The molecule has 5 heteroatoms. The Labute approximate surface area is 121 Å². The summed E-state index contributed by atoms with van der Waals surface area (Å²) >= 11 is 0. The number of oxazole rings is 1. The van der Waals surface area contributed by atoms with Crippen LogP contribution in [0.3, 0.4) is 0 Å². The standard InChI is InChI=1S/C16H16FN3O/c1-10(8-11-2-4-12(17)5-3-11)19-16-20-14-9-13(18)6-7-15(14)21-16/h2-7,9-10H,8,18H2,1H3,(H,19,20). The van der Waals surface area contributed by atoms with Crippen LogP contribution in [0.2, 0.25) is 0 Å². The van der Waals surface area contributed by atoms with Crippen molar-refractivity contribution in [2.75, 3.05) is 11.1 Å². The predicted molar refractivity (Wildman–Crippen MR) is 81.6 cm³/mol. The number of fused-ring (bicyclic) bond motifs is 1. The maximum atomic E-state index is 12.9. The van der Waals surface area contributed by atoms with Crippen molar-refractivity contribution in [2.45, 2.75) is 19.4 Å². The molecule has 3 N–H and O–H groups in total. The Bertz CT molecular complexity index is 752. The first kappa shape index (κ1) is 13.4. The van der Waals surface area contributed by atoms with E-state index in [1.165, 1.54) is 12.1 Å². The normalized spacial score (nSPS) is 12.5. The van der Waals surface area contributed by atoms with Crippen molar-refractivity contribution in [2.24, 2.45) is 0 Å². The first-order valence-electron chi connectivity index (χ1n) is 6.77. The van der Waals surface area contributed by atoms with E-state index in [0.29, 0.717) is 17.3 Å². The number of hydrogen-bond acceptors (Lipinski definition) is 4. The van der Waals surface area contributed by atoms with Crippen LogP contribution in [-0.2, 0) is 6.42 Å². The molecule has 1 aromatic heterocycles. The van der Waals surface area contributed by atoms with Crippen LogP contribution in [-0.4, -0.2) is 11.0 Å². The molecule has 1 unspecified atom stereocenters. The van der Waals surface area contributed by atoms with Gasteiger partial charge in [0.15, 0.2) is 5.58 Å². The van der Waals surface area contributed by atoms with Crippen molar-refractivity contribution < 1.29 is 8.81 Å². The maximum Gasteiger partial charge on any atom is 0.295 e. The van der Waals surface area contributed by atoms with Gasteiger partial charge in [-0.1, -0.05) is 12.1 Å². The van der Waals surface area contributed by atoms with E-state index in [1.807, 2.05) is 6.92 Å². The lowest BCUT2D eigenvalue weighted by Gasteiger charge is -2.11. The highest BCUT2D eigenvalue weighted by Crippen LogP contribution is 2.21. The third-order valence-electron chi connectivity index (χ3n) is 3.24. The SMILES string of the molecule is CC(Cc1ccc(F)cc1)Nc1nc2cc(N)ccc2o1. The van der Waals surface area contributed by atoms with E-state index < -0.39 is 0 Å². The smallest absolute Gasteiger partial charge is 0.295 e. The molecule has 0 radical (unpaired) electrons. The Morgan fingerprint density at radius 3 is 2.76 bits per heavy atom. The molecule has 3 aromatic rings. The number of nitrogens with one attached hydrogen (secondary N) is 1. The molecular weight excluding hydrogens is 269 g/mol. The Morgan fingerprint density at radius 1 is 1.24 bits per heavy atom. The van der Waals surface area contributed by atoms with Gasteiger partial charge < -0.3 is 15.5 Å². The summed E-state index contributed by atoms with van der Waals surface area (Å²) in [5.74, 6) is -0.226. The number of anilines is 2. The number of rotatable bonds is 4. The number of benzene rings is 2. The summed E-state index contributed by atoms with van der Waals surface area (Å²) in [6, 6.07) is 12.4. The fraction of sp³-hybridized carbons (Fsp3) is 0.188. The summed E-state index contributed by atoms with van der Waals surface area (Å²) in [6.07, 6.45) is 0.751. The predicted octanol–water partition coefficient (Wildman–Crippen LogP) is 3.59. The van der Waals surface area contributed by atoms with Crippen LogP contribution < -0.4 is 11.1 Å². The molecule has 0 bridgehead atoms. The van der Waals surface area contributed by atoms with Crippen molar-refractivity contribution >= 4 is 22.8 Å². The van der Waals surface area contributed by atoms with E-state index in [4.69, 9.17) is 10.2 Å². The zero-order chi connectivity index (χ0) is 14.8. The van der Waals surface area contributed by atoms with E-state index in [1.54, 1.807) is 30.3 Å². The van der Waals surface area contributed by atoms with Gasteiger partial charge in [0.2, 0.25) is 0 Å². The molecule has 3 rings (SSSR count). The van der Waals surface area contributed by atoms with Crippen LogP contribution >= 0.6 is 0 Å². The van der Waals surface area contributed by atoms with Gasteiger partial charge in [0.05, 0.1) is 0 Å². The van der Waals surface area contributed by atoms with E-state index >= 15 is 0 Å². The summed E-state index contributed by atoms with van der Waals surface area (Å²) < 4.78 is 18.5. The molecule has 0 saturated carbocycles. The average molecular weight is 285 g/mol. The molecule has 1 atom stereocenters. The van der Waals surface area contributed by atoms with Crippen LogP contribution in [0.25, 0.3) is 11.1 Å². The largest absolute Gasteiger partial charge is 0.424 e. The van der Waals surface area contributed by atoms with Crippen molar-refractivity contribution in [3.8, 4) is 0 Å². The van der Waals surface area contributed by atoms with Crippen LogP contribution in [0.15, 0.2) is 46.9 Å². The Kier molecular flexibility index (Phi) is 3.48. The second-order valence-corrected chi connectivity index (χ2v) is 5.12. The van der Waals surface area contributed by atoms with Gasteiger partial charge in [0.1, 0.15) is 11.3 Å². The third-order valence-corrected chi connectivity index (χ3v) is 3.24. The summed E-state index contributed by atoms with van der Waals surface area (Å²) in [6.45, 7) is 2.02. The Balaban J connectivity index is 1.70. The van der Waals surface area contributed by atoms with E-state index in [-0.39, 0.29) is 11.9 Å². The van der Waals surface area contributed by atoms with Crippen LogP contribution in [0.5, 0.6) is 0 Å². The molecule has 0 amide bonds. The van der Waals surface area contributed by atoms with Crippen molar-refractivity contribution in [3.63, 3.8) is 0 Å². The second-order valence-electron chi connectivity index (χ2n) is 5.12. The summed E-state index contributed by atoms with van der Waals surface area (Å²) in [5.41, 5.74) is 8.85. The van der Waals surface area contributed by atoms with Crippen LogP contribution in [0.1, 0.15) is 12.5 Å². The number of nitrogen functional groups attached to an aromatic ring is 1. The highest BCUT2D eigenvalue weighted by Gasteiger charge is 2.10. The third kappa shape index (κ3) is 3.13. The fourth-order valence-corrected chi connectivity index (χ4v) is 2.24. The molecule has 0 spiro atoms. The first-order valence-corrected chi connectivity index (χ1v) is 6.77. The number of nitrogens with zero attached hydrogens (tertiary/aromatic N) is 1. The van der Waals surface area contributed by atoms with Gasteiger partial charge in [0.25, 0.3) is 6.01 Å². The molecule has 0 saturated heterocycles. The average Bonchev–Trinajstić information content (AvgIpc) is 2.82. The van der Waals surface area contributed by atoms with Gasteiger partial charge in [-0.25, -0.2) is 4.39 Å². The lowest BCUT2D eigenvalue weighted by atomic mass is 10.1. The summed E-state index contributed by atoms with van der Waals surface area (Å²) in [4.78, 5) is 4.35. The zero-order valence-electron chi connectivity index (χ0n) is 11.6. The number of nitrogens with two attached hydrogens (primary N) is 1. The molecule has 108 valence electrons.